The van der Waals surface area contributed by atoms with Gasteiger partial charge in [-0.15, -0.1) is 0 Å². The number of aromatic nitrogens is 2. The van der Waals surface area contributed by atoms with Gasteiger partial charge >= 0.3 is 0 Å². The van der Waals surface area contributed by atoms with Crippen molar-refractivity contribution in [1.29, 1.82) is 0 Å². The number of nitrogens with one attached hydrogen (secondary N) is 2. The molecule has 0 unspecified atom stereocenters. The van der Waals surface area contributed by atoms with E-state index in [-0.39, 0.29) is 0 Å². The van der Waals surface area contributed by atoms with Gasteiger partial charge in [-0.3, -0.25) is 5.10 Å². The molecule has 0 bridgehead atoms. The second kappa shape index (κ2) is 4.66. The average Bonchev–Trinajstić information content (AvgIpc) is 2.49. The number of rotatable bonds is 2. The molecule has 2 rings (SSSR count). The summed E-state index contributed by atoms with van der Waals surface area (Å²) < 4.78 is 0. The van der Waals surface area contributed by atoms with Crippen LogP contribution in [0.25, 0.3) is 0 Å². The van der Waals surface area contributed by atoms with Gasteiger partial charge < -0.3 is 10.2 Å². The Labute approximate surface area is 91.1 Å². The fourth-order valence-electron chi connectivity index (χ4n) is 2.13. The second-order valence-electron chi connectivity index (χ2n) is 4.09. The lowest BCUT2D eigenvalue weighted by Gasteiger charge is -2.20. The van der Waals surface area contributed by atoms with Gasteiger partial charge in [0.1, 0.15) is 0 Å². The molecule has 1 aliphatic heterocycles. The van der Waals surface area contributed by atoms with Crippen molar-refractivity contribution in [3.63, 3.8) is 0 Å². The molecule has 1 aliphatic rings. The van der Waals surface area contributed by atoms with E-state index in [4.69, 9.17) is 0 Å². The Kier molecular flexibility index (Phi) is 3.26. The summed E-state index contributed by atoms with van der Waals surface area (Å²) in [6.45, 7) is 8.69. The molecule has 0 radical (unpaired) electrons. The SMILES string of the molecule is CCc1[nH]nc(N2CCCNCC2)c1C. The molecule has 0 saturated carbocycles. The Morgan fingerprint density at radius 2 is 2.20 bits per heavy atom. The highest BCUT2D eigenvalue weighted by molar-refractivity contribution is 5.48. The topological polar surface area (TPSA) is 44.0 Å². The minimum atomic E-state index is 1.03. The molecular weight excluding hydrogens is 188 g/mol. The van der Waals surface area contributed by atoms with Gasteiger partial charge in [0, 0.05) is 30.9 Å². The van der Waals surface area contributed by atoms with Crippen molar-refractivity contribution in [1.82, 2.24) is 15.5 Å². The number of aromatic amines is 1. The molecule has 1 saturated heterocycles. The van der Waals surface area contributed by atoms with Crippen molar-refractivity contribution in [3.8, 4) is 0 Å². The number of hydrogen-bond acceptors (Lipinski definition) is 3. The Morgan fingerprint density at radius 3 is 2.93 bits per heavy atom. The summed E-state index contributed by atoms with van der Waals surface area (Å²) >= 11 is 0. The van der Waals surface area contributed by atoms with Crippen LogP contribution in [0.3, 0.4) is 0 Å². The number of nitrogens with zero attached hydrogens (tertiary/aromatic N) is 2. The smallest absolute Gasteiger partial charge is 0.153 e. The van der Waals surface area contributed by atoms with Crippen LogP contribution in [0.2, 0.25) is 0 Å². The zero-order valence-corrected chi connectivity index (χ0v) is 9.64. The molecule has 0 spiro atoms. The molecule has 1 aromatic rings. The third kappa shape index (κ3) is 2.15. The monoisotopic (exact) mass is 208 g/mol. The first-order valence-corrected chi connectivity index (χ1v) is 5.82. The first kappa shape index (κ1) is 10.5. The number of anilines is 1. The predicted molar refractivity (Wildman–Crippen MR) is 62.4 cm³/mol. The summed E-state index contributed by atoms with van der Waals surface area (Å²) in [5.41, 5.74) is 2.58. The van der Waals surface area contributed by atoms with Crippen molar-refractivity contribution < 1.29 is 0 Å². The molecule has 0 atom stereocenters. The first-order valence-electron chi connectivity index (χ1n) is 5.82. The Morgan fingerprint density at radius 1 is 1.33 bits per heavy atom. The first-order chi connectivity index (χ1) is 7.33. The second-order valence-corrected chi connectivity index (χ2v) is 4.09. The molecular formula is C11H20N4. The standard InChI is InChI=1S/C11H20N4/c1-3-10-9(2)11(14-13-10)15-7-4-5-12-6-8-15/h12H,3-8H2,1-2H3,(H,13,14). The zero-order valence-electron chi connectivity index (χ0n) is 9.64. The normalized spacial score (nSPS) is 17.9. The summed E-state index contributed by atoms with van der Waals surface area (Å²) in [6, 6.07) is 0. The van der Waals surface area contributed by atoms with Gasteiger partial charge in [0.15, 0.2) is 5.82 Å². The predicted octanol–water partition coefficient (Wildman–Crippen LogP) is 1.08. The van der Waals surface area contributed by atoms with Gasteiger partial charge in [-0.1, -0.05) is 6.92 Å². The molecule has 0 aromatic carbocycles. The van der Waals surface area contributed by atoms with Gasteiger partial charge in [-0.05, 0) is 26.3 Å². The van der Waals surface area contributed by atoms with Gasteiger partial charge in [-0.25, -0.2) is 0 Å². The van der Waals surface area contributed by atoms with E-state index in [0.29, 0.717) is 0 Å². The van der Waals surface area contributed by atoms with Crippen LogP contribution in [-0.2, 0) is 6.42 Å². The van der Waals surface area contributed by atoms with Gasteiger partial charge in [0.2, 0.25) is 0 Å². The minimum absolute atomic E-state index is 1.03. The number of hydrogen-bond donors (Lipinski definition) is 2. The van der Waals surface area contributed by atoms with Crippen molar-refractivity contribution in [2.75, 3.05) is 31.1 Å². The van der Waals surface area contributed by atoms with Gasteiger partial charge in [0.05, 0.1) is 0 Å². The zero-order chi connectivity index (χ0) is 10.7. The molecule has 15 heavy (non-hydrogen) atoms. The highest BCUT2D eigenvalue weighted by Crippen LogP contribution is 2.20. The lowest BCUT2D eigenvalue weighted by molar-refractivity contribution is 0.724. The summed E-state index contributed by atoms with van der Waals surface area (Å²) in [6.07, 6.45) is 2.23. The van der Waals surface area contributed by atoms with Crippen LogP contribution >= 0.6 is 0 Å². The van der Waals surface area contributed by atoms with Crippen LogP contribution < -0.4 is 10.2 Å². The van der Waals surface area contributed by atoms with Crippen molar-refractivity contribution in [2.45, 2.75) is 26.7 Å². The lowest BCUT2D eigenvalue weighted by atomic mass is 10.2. The van der Waals surface area contributed by atoms with Crippen molar-refractivity contribution >= 4 is 5.82 Å². The summed E-state index contributed by atoms with van der Waals surface area (Å²) in [5, 5.41) is 11.0. The Hall–Kier alpha value is -1.03. The third-order valence-electron chi connectivity index (χ3n) is 3.08. The highest BCUT2D eigenvalue weighted by Gasteiger charge is 2.15. The van der Waals surface area contributed by atoms with E-state index >= 15 is 0 Å². The van der Waals surface area contributed by atoms with Crippen LogP contribution in [0, 0.1) is 6.92 Å². The molecule has 84 valence electrons. The molecule has 1 fully saturated rings. The van der Waals surface area contributed by atoms with Crippen LogP contribution in [0.1, 0.15) is 24.6 Å². The summed E-state index contributed by atoms with van der Waals surface area (Å²) in [7, 11) is 0. The fraction of sp³-hybridized carbons (Fsp3) is 0.727. The maximum absolute atomic E-state index is 4.43. The molecule has 0 amide bonds. The third-order valence-corrected chi connectivity index (χ3v) is 3.08. The minimum Gasteiger partial charge on any atom is -0.354 e. The Balaban J connectivity index is 2.16. The largest absolute Gasteiger partial charge is 0.354 e. The van der Waals surface area contributed by atoms with E-state index < -0.39 is 0 Å². The van der Waals surface area contributed by atoms with E-state index in [1.54, 1.807) is 0 Å². The number of H-pyrrole nitrogens is 1. The van der Waals surface area contributed by atoms with E-state index in [1.165, 1.54) is 17.7 Å². The highest BCUT2D eigenvalue weighted by atomic mass is 15.3. The van der Waals surface area contributed by atoms with E-state index in [2.05, 4.69) is 34.3 Å². The van der Waals surface area contributed by atoms with Crippen LogP contribution in [-0.4, -0.2) is 36.4 Å². The number of aryl methyl sites for hydroxylation is 1. The van der Waals surface area contributed by atoms with Crippen molar-refractivity contribution in [2.24, 2.45) is 0 Å². The molecule has 4 nitrogen and oxygen atoms in total. The average molecular weight is 208 g/mol. The van der Waals surface area contributed by atoms with Crippen LogP contribution in [0.5, 0.6) is 0 Å². The summed E-state index contributed by atoms with van der Waals surface area (Å²) in [4.78, 5) is 2.38. The lowest BCUT2D eigenvalue weighted by Crippen LogP contribution is -2.28. The van der Waals surface area contributed by atoms with Crippen LogP contribution in [0.4, 0.5) is 5.82 Å². The molecule has 2 N–H and O–H groups in total. The molecule has 2 heterocycles. The fourth-order valence-corrected chi connectivity index (χ4v) is 2.13. The van der Waals surface area contributed by atoms with Gasteiger partial charge in [-0.2, -0.15) is 5.10 Å². The summed E-state index contributed by atoms with van der Waals surface area (Å²) in [5.74, 6) is 1.15. The maximum Gasteiger partial charge on any atom is 0.153 e. The molecule has 0 aliphatic carbocycles. The van der Waals surface area contributed by atoms with Gasteiger partial charge in [0.25, 0.3) is 0 Å². The molecule has 1 aromatic heterocycles. The molecule has 4 heteroatoms. The van der Waals surface area contributed by atoms with E-state index in [0.717, 1.165) is 38.4 Å². The maximum atomic E-state index is 4.43. The quantitative estimate of drug-likeness (QED) is 0.764. The van der Waals surface area contributed by atoms with E-state index in [9.17, 15) is 0 Å². The van der Waals surface area contributed by atoms with Crippen LogP contribution in [0.15, 0.2) is 0 Å². The van der Waals surface area contributed by atoms with E-state index in [1.807, 2.05) is 0 Å². The van der Waals surface area contributed by atoms with Crippen molar-refractivity contribution in [3.05, 3.63) is 11.3 Å². The Bertz CT molecular complexity index is 310.